The first-order chi connectivity index (χ1) is 9.72. The largest absolute Gasteiger partial charge is 0.368 e. The number of rotatable bonds is 5. The van der Waals surface area contributed by atoms with Gasteiger partial charge in [0, 0.05) is 31.9 Å². The van der Waals surface area contributed by atoms with Crippen LogP contribution in [-0.2, 0) is 4.79 Å². The number of hydrogen-bond donors (Lipinski definition) is 1. The Kier molecular flexibility index (Phi) is 5.41. The van der Waals surface area contributed by atoms with Crippen molar-refractivity contribution in [1.82, 2.24) is 10.2 Å². The lowest BCUT2D eigenvalue weighted by Crippen LogP contribution is -2.51. The molecule has 1 saturated heterocycles. The number of carbonyl (C=O) groups excluding carboxylic acids is 1. The van der Waals surface area contributed by atoms with Gasteiger partial charge in [-0.15, -0.1) is 0 Å². The molecule has 1 aliphatic rings. The SMILES string of the molecule is CCCNCC(=O)N1CCN(c2ccccc2C)CC1. The van der Waals surface area contributed by atoms with Crippen LogP contribution in [0.5, 0.6) is 0 Å². The molecule has 0 bridgehead atoms. The quantitative estimate of drug-likeness (QED) is 0.830. The van der Waals surface area contributed by atoms with Crippen LogP contribution in [0.3, 0.4) is 0 Å². The third kappa shape index (κ3) is 3.73. The molecule has 1 aromatic carbocycles. The van der Waals surface area contributed by atoms with Gasteiger partial charge in [-0.1, -0.05) is 25.1 Å². The van der Waals surface area contributed by atoms with Gasteiger partial charge in [-0.25, -0.2) is 0 Å². The lowest BCUT2D eigenvalue weighted by Gasteiger charge is -2.36. The van der Waals surface area contributed by atoms with E-state index in [2.05, 4.69) is 48.3 Å². The van der Waals surface area contributed by atoms with E-state index in [0.29, 0.717) is 6.54 Å². The van der Waals surface area contributed by atoms with Gasteiger partial charge in [0.1, 0.15) is 0 Å². The van der Waals surface area contributed by atoms with Gasteiger partial charge in [0.25, 0.3) is 0 Å². The lowest BCUT2D eigenvalue weighted by atomic mass is 10.1. The Morgan fingerprint density at radius 3 is 2.55 bits per heavy atom. The van der Waals surface area contributed by atoms with Gasteiger partial charge in [-0.05, 0) is 31.5 Å². The first-order valence-electron chi connectivity index (χ1n) is 7.51. The summed E-state index contributed by atoms with van der Waals surface area (Å²) in [4.78, 5) is 16.4. The number of aryl methyl sites for hydroxylation is 1. The molecule has 0 atom stereocenters. The van der Waals surface area contributed by atoms with Crippen LogP contribution in [0.15, 0.2) is 24.3 Å². The van der Waals surface area contributed by atoms with Crippen LogP contribution < -0.4 is 10.2 Å². The smallest absolute Gasteiger partial charge is 0.236 e. The molecule has 1 fully saturated rings. The van der Waals surface area contributed by atoms with Crippen molar-refractivity contribution in [3.63, 3.8) is 0 Å². The number of nitrogens with one attached hydrogen (secondary N) is 1. The summed E-state index contributed by atoms with van der Waals surface area (Å²) in [6.07, 6.45) is 1.06. The molecule has 0 unspecified atom stereocenters. The number of piperazine rings is 1. The molecule has 2 rings (SSSR count). The number of amides is 1. The molecule has 0 radical (unpaired) electrons. The maximum absolute atomic E-state index is 12.0. The molecule has 0 saturated carbocycles. The minimum Gasteiger partial charge on any atom is -0.368 e. The van der Waals surface area contributed by atoms with Crippen molar-refractivity contribution in [2.24, 2.45) is 0 Å². The van der Waals surface area contributed by atoms with Gasteiger partial charge in [-0.3, -0.25) is 4.79 Å². The van der Waals surface area contributed by atoms with E-state index < -0.39 is 0 Å². The minimum atomic E-state index is 0.225. The summed E-state index contributed by atoms with van der Waals surface area (Å²) < 4.78 is 0. The zero-order valence-electron chi connectivity index (χ0n) is 12.6. The van der Waals surface area contributed by atoms with E-state index in [4.69, 9.17) is 0 Å². The molecular formula is C16H25N3O. The number of carbonyl (C=O) groups is 1. The summed E-state index contributed by atoms with van der Waals surface area (Å²) in [6.45, 7) is 9.11. The predicted octanol–water partition coefficient (Wildman–Crippen LogP) is 1.64. The second-order valence-electron chi connectivity index (χ2n) is 5.33. The van der Waals surface area contributed by atoms with Crippen molar-refractivity contribution < 1.29 is 4.79 Å². The van der Waals surface area contributed by atoms with Crippen LogP contribution in [0.4, 0.5) is 5.69 Å². The molecule has 0 aromatic heterocycles. The molecule has 0 spiro atoms. The fourth-order valence-corrected chi connectivity index (χ4v) is 2.60. The van der Waals surface area contributed by atoms with Crippen molar-refractivity contribution in [3.8, 4) is 0 Å². The molecule has 4 nitrogen and oxygen atoms in total. The topological polar surface area (TPSA) is 35.6 Å². The van der Waals surface area contributed by atoms with Crippen molar-refractivity contribution in [2.75, 3.05) is 44.2 Å². The fraction of sp³-hybridized carbons (Fsp3) is 0.562. The first kappa shape index (κ1) is 14.9. The molecule has 4 heteroatoms. The second kappa shape index (κ2) is 7.29. The van der Waals surface area contributed by atoms with E-state index >= 15 is 0 Å². The van der Waals surface area contributed by atoms with Gasteiger partial charge >= 0.3 is 0 Å². The maximum atomic E-state index is 12.0. The van der Waals surface area contributed by atoms with Gasteiger partial charge in [0.2, 0.25) is 5.91 Å². The van der Waals surface area contributed by atoms with E-state index in [9.17, 15) is 4.79 Å². The second-order valence-corrected chi connectivity index (χ2v) is 5.33. The molecule has 20 heavy (non-hydrogen) atoms. The number of nitrogens with zero attached hydrogens (tertiary/aromatic N) is 2. The highest BCUT2D eigenvalue weighted by molar-refractivity contribution is 5.78. The Morgan fingerprint density at radius 2 is 1.90 bits per heavy atom. The first-order valence-corrected chi connectivity index (χ1v) is 7.51. The van der Waals surface area contributed by atoms with Crippen LogP contribution in [0, 0.1) is 6.92 Å². The number of hydrogen-bond acceptors (Lipinski definition) is 3. The van der Waals surface area contributed by atoms with Crippen molar-refractivity contribution in [3.05, 3.63) is 29.8 Å². The average Bonchev–Trinajstić information content (AvgIpc) is 2.48. The van der Waals surface area contributed by atoms with Crippen molar-refractivity contribution in [1.29, 1.82) is 0 Å². The van der Waals surface area contributed by atoms with Gasteiger partial charge in [0.15, 0.2) is 0 Å². The number of para-hydroxylation sites is 1. The predicted molar refractivity (Wildman–Crippen MR) is 83.1 cm³/mol. The normalized spacial score (nSPS) is 15.5. The molecule has 110 valence electrons. The molecular weight excluding hydrogens is 250 g/mol. The van der Waals surface area contributed by atoms with Crippen LogP contribution in [0.25, 0.3) is 0 Å². The molecule has 0 aliphatic carbocycles. The van der Waals surface area contributed by atoms with Crippen LogP contribution in [0.1, 0.15) is 18.9 Å². The Labute approximate surface area is 121 Å². The van der Waals surface area contributed by atoms with Gasteiger partial charge in [-0.2, -0.15) is 0 Å². The Balaban J connectivity index is 1.83. The zero-order valence-corrected chi connectivity index (χ0v) is 12.6. The maximum Gasteiger partial charge on any atom is 0.236 e. The van der Waals surface area contributed by atoms with Crippen LogP contribution >= 0.6 is 0 Å². The Morgan fingerprint density at radius 1 is 1.20 bits per heavy atom. The summed E-state index contributed by atoms with van der Waals surface area (Å²) in [5, 5.41) is 3.18. The van der Waals surface area contributed by atoms with E-state index in [1.165, 1.54) is 11.3 Å². The minimum absolute atomic E-state index is 0.225. The van der Waals surface area contributed by atoms with Gasteiger partial charge < -0.3 is 15.1 Å². The van der Waals surface area contributed by atoms with Crippen LogP contribution in [-0.4, -0.2) is 50.1 Å². The lowest BCUT2D eigenvalue weighted by molar-refractivity contribution is -0.130. The monoisotopic (exact) mass is 275 g/mol. The van der Waals surface area contributed by atoms with E-state index in [1.807, 2.05) is 4.90 Å². The van der Waals surface area contributed by atoms with Crippen LogP contribution in [0.2, 0.25) is 0 Å². The fourth-order valence-electron chi connectivity index (χ4n) is 2.60. The zero-order chi connectivity index (χ0) is 14.4. The average molecular weight is 275 g/mol. The summed E-state index contributed by atoms with van der Waals surface area (Å²) in [7, 11) is 0. The third-order valence-electron chi connectivity index (χ3n) is 3.79. The van der Waals surface area contributed by atoms with Gasteiger partial charge in [0.05, 0.1) is 6.54 Å². The van der Waals surface area contributed by atoms with Crippen molar-refractivity contribution in [2.45, 2.75) is 20.3 Å². The number of anilines is 1. The summed E-state index contributed by atoms with van der Waals surface area (Å²) in [5.74, 6) is 0.225. The van der Waals surface area contributed by atoms with E-state index in [1.54, 1.807) is 0 Å². The van der Waals surface area contributed by atoms with Crippen molar-refractivity contribution >= 4 is 11.6 Å². The molecule has 1 N–H and O–H groups in total. The molecule has 1 amide bonds. The third-order valence-corrected chi connectivity index (χ3v) is 3.79. The highest BCUT2D eigenvalue weighted by Crippen LogP contribution is 2.20. The van der Waals surface area contributed by atoms with E-state index in [0.717, 1.165) is 39.1 Å². The highest BCUT2D eigenvalue weighted by Gasteiger charge is 2.21. The summed E-state index contributed by atoms with van der Waals surface area (Å²) >= 11 is 0. The molecule has 1 aromatic rings. The molecule has 1 heterocycles. The summed E-state index contributed by atoms with van der Waals surface area (Å²) in [5.41, 5.74) is 2.60. The Hall–Kier alpha value is -1.55. The standard InChI is InChI=1S/C16H25N3O/c1-3-8-17-13-16(20)19-11-9-18(10-12-19)15-7-5-4-6-14(15)2/h4-7,17H,3,8-13H2,1-2H3. The summed E-state index contributed by atoms with van der Waals surface area (Å²) in [6, 6.07) is 8.45. The highest BCUT2D eigenvalue weighted by atomic mass is 16.2. The van der Waals surface area contributed by atoms with E-state index in [-0.39, 0.29) is 5.91 Å². The Bertz CT molecular complexity index is 439. The molecule has 1 aliphatic heterocycles. The number of benzene rings is 1.